The molecular formula is C10H17N3. The lowest BCUT2D eigenvalue weighted by Crippen LogP contribution is -2.25. The van der Waals surface area contributed by atoms with Gasteiger partial charge in [0.25, 0.3) is 0 Å². The van der Waals surface area contributed by atoms with Crippen LogP contribution in [0.25, 0.3) is 0 Å². The van der Waals surface area contributed by atoms with Gasteiger partial charge in [-0.25, -0.2) is 4.98 Å². The standard InChI is InChI=1S/C10H17N3/c1-7-4-9(5-7)13-6-8(2)12-10(13)11-3/h6-7,9H,4-5H2,1-3H3,(H,11,12). The van der Waals surface area contributed by atoms with Crippen molar-refractivity contribution >= 4 is 5.95 Å². The molecular weight excluding hydrogens is 162 g/mol. The van der Waals surface area contributed by atoms with Crippen molar-refractivity contribution in [3.8, 4) is 0 Å². The highest BCUT2D eigenvalue weighted by Gasteiger charge is 2.28. The number of imidazole rings is 1. The summed E-state index contributed by atoms with van der Waals surface area (Å²) < 4.78 is 2.27. The number of nitrogens with zero attached hydrogens (tertiary/aromatic N) is 2. The Morgan fingerprint density at radius 2 is 2.23 bits per heavy atom. The molecule has 0 bridgehead atoms. The van der Waals surface area contributed by atoms with Gasteiger partial charge in [-0.3, -0.25) is 0 Å². The largest absolute Gasteiger partial charge is 0.359 e. The summed E-state index contributed by atoms with van der Waals surface area (Å²) in [5, 5.41) is 3.13. The van der Waals surface area contributed by atoms with Gasteiger partial charge in [-0.15, -0.1) is 0 Å². The van der Waals surface area contributed by atoms with Crippen LogP contribution in [-0.2, 0) is 0 Å². The van der Waals surface area contributed by atoms with Gasteiger partial charge >= 0.3 is 0 Å². The Hall–Kier alpha value is -0.990. The van der Waals surface area contributed by atoms with E-state index >= 15 is 0 Å². The zero-order valence-corrected chi connectivity index (χ0v) is 8.54. The predicted molar refractivity (Wildman–Crippen MR) is 53.9 cm³/mol. The second-order valence-corrected chi connectivity index (χ2v) is 4.09. The molecule has 72 valence electrons. The predicted octanol–water partition coefficient (Wildman–Crippen LogP) is 2.20. The minimum Gasteiger partial charge on any atom is -0.359 e. The van der Waals surface area contributed by atoms with Crippen LogP contribution in [0.15, 0.2) is 6.20 Å². The molecule has 0 saturated heterocycles. The van der Waals surface area contributed by atoms with Crippen LogP contribution < -0.4 is 5.32 Å². The summed E-state index contributed by atoms with van der Waals surface area (Å²) in [6.07, 6.45) is 4.73. The Balaban J connectivity index is 2.19. The Bertz CT molecular complexity index is 297. The summed E-state index contributed by atoms with van der Waals surface area (Å²) in [6.45, 7) is 4.35. The summed E-state index contributed by atoms with van der Waals surface area (Å²) in [6, 6.07) is 0.679. The number of rotatable bonds is 2. The molecule has 0 amide bonds. The van der Waals surface area contributed by atoms with E-state index in [1.54, 1.807) is 0 Å². The van der Waals surface area contributed by atoms with Gasteiger partial charge in [0.15, 0.2) is 0 Å². The van der Waals surface area contributed by atoms with Gasteiger partial charge in [0.2, 0.25) is 5.95 Å². The molecule has 0 aromatic carbocycles. The van der Waals surface area contributed by atoms with Crippen LogP contribution in [0.1, 0.15) is 31.5 Å². The molecule has 1 fully saturated rings. The monoisotopic (exact) mass is 179 g/mol. The van der Waals surface area contributed by atoms with Crippen LogP contribution in [0.5, 0.6) is 0 Å². The second kappa shape index (κ2) is 3.05. The van der Waals surface area contributed by atoms with E-state index in [9.17, 15) is 0 Å². The third kappa shape index (κ3) is 1.43. The van der Waals surface area contributed by atoms with E-state index in [1.807, 2.05) is 14.0 Å². The van der Waals surface area contributed by atoms with Gasteiger partial charge in [-0.2, -0.15) is 0 Å². The van der Waals surface area contributed by atoms with Gasteiger partial charge in [0.05, 0.1) is 5.69 Å². The highest BCUT2D eigenvalue weighted by atomic mass is 15.2. The maximum atomic E-state index is 4.41. The molecule has 1 aromatic rings. The van der Waals surface area contributed by atoms with Crippen molar-refractivity contribution in [2.24, 2.45) is 5.92 Å². The first-order chi connectivity index (χ1) is 6.20. The van der Waals surface area contributed by atoms with E-state index in [4.69, 9.17) is 0 Å². The molecule has 3 nitrogen and oxygen atoms in total. The molecule has 1 N–H and O–H groups in total. The highest BCUT2D eigenvalue weighted by molar-refractivity contribution is 5.28. The smallest absolute Gasteiger partial charge is 0.203 e. The summed E-state index contributed by atoms with van der Waals surface area (Å²) in [4.78, 5) is 4.41. The van der Waals surface area contributed by atoms with Crippen LogP contribution in [0.2, 0.25) is 0 Å². The van der Waals surface area contributed by atoms with Crippen molar-refractivity contribution in [1.82, 2.24) is 9.55 Å². The minimum absolute atomic E-state index is 0.679. The SMILES string of the molecule is CNc1nc(C)cn1C1CC(C)C1. The molecule has 3 heteroatoms. The molecule has 1 aromatic heterocycles. The topological polar surface area (TPSA) is 29.9 Å². The number of hydrogen-bond acceptors (Lipinski definition) is 2. The minimum atomic E-state index is 0.679. The van der Waals surface area contributed by atoms with Gasteiger partial charge in [0.1, 0.15) is 0 Å². The first-order valence-electron chi connectivity index (χ1n) is 4.94. The van der Waals surface area contributed by atoms with Crippen LogP contribution in [-0.4, -0.2) is 16.6 Å². The number of anilines is 1. The van der Waals surface area contributed by atoms with Crippen molar-refractivity contribution < 1.29 is 0 Å². The summed E-state index contributed by atoms with van der Waals surface area (Å²) in [5.74, 6) is 1.90. The van der Waals surface area contributed by atoms with Crippen LogP contribution >= 0.6 is 0 Å². The molecule has 1 saturated carbocycles. The number of nitrogens with one attached hydrogen (secondary N) is 1. The lowest BCUT2D eigenvalue weighted by Gasteiger charge is -2.34. The quantitative estimate of drug-likeness (QED) is 0.754. The summed E-state index contributed by atoms with van der Waals surface area (Å²) in [7, 11) is 1.93. The number of aromatic nitrogens is 2. The fourth-order valence-corrected chi connectivity index (χ4v) is 2.07. The molecule has 0 radical (unpaired) electrons. The maximum absolute atomic E-state index is 4.41. The third-order valence-electron chi connectivity index (χ3n) is 2.82. The van der Waals surface area contributed by atoms with Crippen LogP contribution in [0.4, 0.5) is 5.95 Å². The first kappa shape index (κ1) is 8.60. The summed E-state index contributed by atoms with van der Waals surface area (Å²) in [5.41, 5.74) is 1.10. The van der Waals surface area contributed by atoms with Gasteiger partial charge in [-0.1, -0.05) is 6.92 Å². The van der Waals surface area contributed by atoms with Crippen molar-refractivity contribution in [2.45, 2.75) is 32.7 Å². The molecule has 1 aliphatic carbocycles. The normalized spacial score (nSPS) is 27.0. The van der Waals surface area contributed by atoms with E-state index in [-0.39, 0.29) is 0 Å². The Labute approximate surface area is 79.2 Å². The van der Waals surface area contributed by atoms with Crippen molar-refractivity contribution in [3.05, 3.63) is 11.9 Å². The van der Waals surface area contributed by atoms with E-state index in [1.165, 1.54) is 12.8 Å². The average Bonchev–Trinajstić information content (AvgIpc) is 2.40. The van der Waals surface area contributed by atoms with Crippen molar-refractivity contribution in [2.75, 3.05) is 12.4 Å². The van der Waals surface area contributed by atoms with E-state index < -0.39 is 0 Å². The van der Waals surface area contributed by atoms with E-state index in [2.05, 4.69) is 28.0 Å². The molecule has 1 aliphatic rings. The van der Waals surface area contributed by atoms with E-state index in [0.29, 0.717) is 6.04 Å². The van der Waals surface area contributed by atoms with Gasteiger partial charge in [-0.05, 0) is 25.7 Å². The second-order valence-electron chi connectivity index (χ2n) is 4.09. The number of hydrogen-bond donors (Lipinski definition) is 1. The summed E-state index contributed by atoms with van der Waals surface area (Å²) >= 11 is 0. The number of aryl methyl sites for hydroxylation is 1. The lowest BCUT2D eigenvalue weighted by atomic mass is 9.82. The van der Waals surface area contributed by atoms with Crippen molar-refractivity contribution in [3.63, 3.8) is 0 Å². The highest BCUT2D eigenvalue weighted by Crippen LogP contribution is 2.38. The fraction of sp³-hybridized carbons (Fsp3) is 0.700. The van der Waals surface area contributed by atoms with Gasteiger partial charge < -0.3 is 9.88 Å². The molecule has 0 aliphatic heterocycles. The maximum Gasteiger partial charge on any atom is 0.203 e. The molecule has 2 rings (SSSR count). The third-order valence-corrected chi connectivity index (χ3v) is 2.82. The Morgan fingerprint density at radius 1 is 1.54 bits per heavy atom. The molecule has 0 unspecified atom stereocenters. The van der Waals surface area contributed by atoms with E-state index in [0.717, 1.165) is 17.6 Å². The Kier molecular flexibility index (Phi) is 2.02. The molecule has 1 heterocycles. The van der Waals surface area contributed by atoms with Crippen LogP contribution in [0.3, 0.4) is 0 Å². The first-order valence-corrected chi connectivity index (χ1v) is 4.94. The molecule has 13 heavy (non-hydrogen) atoms. The Morgan fingerprint density at radius 3 is 2.77 bits per heavy atom. The molecule has 0 spiro atoms. The zero-order valence-electron chi connectivity index (χ0n) is 8.54. The van der Waals surface area contributed by atoms with Crippen molar-refractivity contribution in [1.29, 1.82) is 0 Å². The average molecular weight is 179 g/mol. The van der Waals surface area contributed by atoms with Crippen LogP contribution in [0, 0.1) is 12.8 Å². The van der Waals surface area contributed by atoms with Gasteiger partial charge in [0, 0.05) is 19.3 Å². The molecule has 0 atom stereocenters. The lowest BCUT2D eigenvalue weighted by molar-refractivity contribution is 0.218. The fourth-order valence-electron chi connectivity index (χ4n) is 2.07. The zero-order chi connectivity index (χ0) is 9.42.